The van der Waals surface area contributed by atoms with Crippen LogP contribution in [0.25, 0.3) is 10.9 Å². The molecule has 112 valence electrons. The van der Waals surface area contributed by atoms with Gasteiger partial charge in [-0.25, -0.2) is 0 Å². The molecular weight excluding hydrogens is 280 g/mol. The zero-order valence-corrected chi connectivity index (χ0v) is 12.0. The van der Waals surface area contributed by atoms with Crippen LogP contribution in [0.4, 0.5) is 0 Å². The minimum Gasteiger partial charge on any atom is -0.503 e. The van der Waals surface area contributed by atoms with Crippen molar-refractivity contribution in [2.24, 2.45) is 0 Å². The first-order valence-corrected chi connectivity index (χ1v) is 7.27. The van der Waals surface area contributed by atoms with Gasteiger partial charge in [-0.2, -0.15) is 5.10 Å². The fraction of sp³-hybridized carbons (Fsp3) is 0.250. The van der Waals surface area contributed by atoms with Crippen LogP contribution >= 0.6 is 0 Å². The molecule has 6 nitrogen and oxygen atoms in total. The van der Waals surface area contributed by atoms with E-state index in [0.717, 1.165) is 41.9 Å². The third-order valence-corrected chi connectivity index (χ3v) is 4.16. The third kappa shape index (κ3) is 2.17. The molecule has 3 heterocycles. The Morgan fingerprint density at radius 3 is 3.05 bits per heavy atom. The van der Waals surface area contributed by atoms with Crippen molar-refractivity contribution in [1.82, 2.24) is 19.7 Å². The number of para-hydroxylation sites is 1. The topological polar surface area (TPSA) is 74.2 Å². The average Bonchev–Trinajstić information content (AvgIpc) is 2.92. The Morgan fingerprint density at radius 1 is 1.27 bits per heavy atom. The molecule has 1 aliphatic rings. The van der Waals surface area contributed by atoms with E-state index in [1.54, 1.807) is 0 Å². The van der Waals surface area contributed by atoms with Crippen LogP contribution in [-0.2, 0) is 19.6 Å². The predicted octanol–water partition coefficient (Wildman–Crippen LogP) is 1.45. The molecule has 6 heteroatoms. The van der Waals surface area contributed by atoms with Gasteiger partial charge in [0.1, 0.15) is 0 Å². The molecule has 0 unspecified atom stereocenters. The summed E-state index contributed by atoms with van der Waals surface area (Å²) in [5, 5.41) is 18.1. The smallest absolute Gasteiger partial charge is 0.223 e. The first-order valence-electron chi connectivity index (χ1n) is 7.27. The van der Waals surface area contributed by atoms with Gasteiger partial charge >= 0.3 is 0 Å². The van der Waals surface area contributed by atoms with Crippen LogP contribution in [0.3, 0.4) is 0 Å². The van der Waals surface area contributed by atoms with E-state index in [4.69, 9.17) is 0 Å². The lowest BCUT2D eigenvalue weighted by molar-refractivity contribution is 0.208. The van der Waals surface area contributed by atoms with Crippen LogP contribution in [0.1, 0.15) is 11.4 Å². The molecule has 0 saturated carbocycles. The fourth-order valence-electron chi connectivity index (χ4n) is 3.00. The van der Waals surface area contributed by atoms with Crippen molar-refractivity contribution >= 4 is 10.9 Å². The summed E-state index contributed by atoms with van der Waals surface area (Å²) in [6.07, 6.45) is 1.53. The summed E-state index contributed by atoms with van der Waals surface area (Å²) in [5.74, 6) is -0.184. The molecule has 0 radical (unpaired) electrons. The van der Waals surface area contributed by atoms with E-state index in [1.165, 1.54) is 12.3 Å². The Morgan fingerprint density at radius 2 is 2.14 bits per heavy atom. The third-order valence-electron chi connectivity index (χ3n) is 4.16. The predicted molar refractivity (Wildman–Crippen MR) is 82.6 cm³/mol. The van der Waals surface area contributed by atoms with Gasteiger partial charge < -0.3 is 9.67 Å². The Bertz CT molecular complexity index is 897. The van der Waals surface area contributed by atoms with Crippen LogP contribution in [0.15, 0.2) is 41.3 Å². The molecule has 22 heavy (non-hydrogen) atoms. The largest absolute Gasteiger partial charge is 0.503 e. The monoisotopic (exact) mass is 296 g/mol. The molecule has 1 aliphatic heterocycles. The van der Waals surface area contributed by atoms with Crippen molar-refractivity contribution in [1.29, 1.82) is 0 Å². The number of nitrogens with zero attached hydrogens (tertiary/aromatic N) is 3. The number of rotatable bonds is 2. The number of pyridine rings is 1. The summed E-state index contributed by atoms with van der Waals surface area (Å²) in [4.78, 5) is 13.9. The molecule has 4 rings (SSSR count). The zero-order chi connectivity index (χ0) is 15.1. The quantitative estimate of drug-likeness (QED) is 0.750. The number of H-pyrrole nitrogens is 1. The summed E-state index contributed by atoms with van der Waals surface area (Å²) in [6.45, 7) is 3.07. The van der Waals surface area contributed by atoms with Crippen molar-refractivity contribution < 1.29 is 5.11 Å². The molecule has 1 aromatic carbocycles. The Kier molecular flexibility index (Phi) is 2.97. The van der Waals surface area contributed by atoms with E-state index in [1.807, 2.05) is 22.8 Å². The molecule has 0 amide bonds. The van der Waals surface area contributed by atoms with Crippen LogP contribution in [0, 0.1) is 0 Å². The Hall–Kier alpha value is -2.60. The van der Waals surface area contributed by atoms with E-state index in [9.17, 15) is 9.90 Å². The summed E-state index contributed by atoms with van der Waals surface area (Å²) in [6, 6.07) is 9.56. The molecule has 0 bridgehead atoms. The number of fused-ring (bicyclic) bond motifs is 2. The van der Waals surface area contributed by atoms with Crippen molar-refractivity contribution in [3.63, 3.8) is 0 Å². The molecule has 0 saturated heterocycles. The molecule has 2 N–H and O–H groups in total. The number of hydrogen-bond donors (Lipinski definition) is 2. The Balaban J connectivity index is 1.60. The summed E-state index contributed by atoms with van der Waals surface area (Å²) in [5.41, 5.74) is 2.67. The van der Waals surface area contributed by atoms with E-state index in [-0.39, 0.29) is 11.2 Å². The van der Waals surface area contributed by atoms with Crippen molar-refractivity contribution in [3.05, 3.63) is 58.1 Å². The number of aromatic nitrogens is 3. The van der Waals surface area contributed by atoms with Crippen molar-refractivity contribution in [2.45, 2.75) is 19.6 Å². The minimum atomic E-state index is -0.319. The van der Waals surface area contributed by atoms with E-state index in [2.05, 4.69) is 21.2 Å². The highest BCUT2D eigenvalue weighted by molar-refractivity contribution is 5.81. The number of aromatic amines is 1. The highest BCUT2D eigenvalue weighted by Gasteiger charge is 2.18. The summed E-state index contributed by atoms with van der Waals surface area (Å²) < 4.78 is 1.94. The van der Waals surface area contributed by atoms with Crippen molar-refractivity contribution in [3.8, 4) is 5.75 Å². The number of hydrogen-bond acceptors (Lipinski definition) is 4. The molecule has 0 spiro atoms. The second kappa shape index (κ2) is 4.99. The second-order valence-electron chi connectivity index (χ2n) is 5.64. The lowest BCUT2D eigenvalue weighted by Crippen LogP contribution is -2.34. The normalized spacial score (nSPS) is 15.1. The highest BCUT2D eigenvalue weighted by atomic mass is 16.3. The second-order valence-corrected chi connectivity index (χ2v) is 5.64. The van der Waals surface area contributed by atoms with Gasteiger partial charge in [-0.1, -0.05) is 18.2 Å². The van der Waals surface area contributed by atoms with E-state index < -0.39 is 0 Å². The molecule has 0 aliphatic carbocycles. The van der Waals surface area contributed by atoms with Gasteiger partial charge in [0, 0.05) is 43.3 Å². The number of nitrogens with one attached hydrogen (secondary N) is 1. The molecule has 2 aromatic heterocycles. The zero-order valence-electron chi connectivity index (χ0n) is 12.0. The van der Waals surface area contributed by atoms with Gasteiger partial charge in [-0.15, -0.1) is 0 Å². The van der Waals surface area contributed by atoms with Crippen LogP contribution in [0.2, 0.25) is 0 Å². The lowest BCUT2D eigenvalue weighted by atomic mass is 10.2. The van der Waals surface area contributed by atoms with Gasteiger partial charge in [0.05, 0.1) is 17.4 Å². The van der Waals surface area contributed by atoms with Gasteiger partial charge in [0.25, 0.3) is 0 Å². The SMILES string of the molecule is O=c1cc2n(cc1O)CCN(Cc1[nH]nc3ccccc13)C2. The number of benzene rings is 1. The maximum Gasteiger partial charge on any atom is 0.223 e. The minimum absolute atomic E-state index is 0.184. The van der Waals surface area contributed by atoms with Crippen LogP contribution in [-0.4, -0.2) is 31.3 Å². The number of aromatic hydroxyl groups is 1. The maximum absolute atomic E-state index is 11.6. The summed E-state index contributed by atoms with van der Waals surface area (Å²) >= 11 is 0. The van der Waals surface area contributed by atoms with E-state index >= 15 is 0 Å². The maximum atomic E-state index is 11.6. The standard InChI is InChI=1S/C16H16N4O2/c21-15-7-11-8-19(5-6-20(11)10-16(15)22)9-14-12-3-1-2-4-13(12)17-18-14/h1-4,7,10,22H,5-6,8-9H2,(H,17,18). The molecular formula is C16H16N4O2. The molecule has 0 atom stereocenters. The van der Waals surface area contributed by atoms with E-state index in [0.29, 0.717) is 6.54 Å². The first-order chi connectivity index (χ1) is 10.7. The average molecular weight is 296 g/mol. The highest BCUT2D eigenvalue weighted by Crippen LogP contribution is 2.20. The van der Waals surface area contributed by atoms with Gasteiger partial charge in [0.15, 0.2) is 5.75 Å². The fourth-order valence-corrected chi connectivity index (χ4v) is 3.00. The van der Waals surface area contributed by atoms with Gasteiger partial charge in [-0.05, 0) is 6.07 Å². The van der Waals surface area contributed by atoms with Crippen LogP contribution in [0.5, 0.6) is 5.75 Å². The van der Waals surface area contributed by atoms with Crippen LogP contribution < -0.4 is 5.43 Å². The molecule has 0 fully saturated rings. The summed E-state index contributed by atoms with van der Waals surface area (Å²) in [7, 11) is 0. The first kappa shape index (κ1) is 13.1. The van der Waals surface area contributed by atoms with Gasteiger partial charge in [-0.3, -0.25) is 14.8 Å². The lowest BCUT2D eigenvalue weighted by Gasteiger charge is -2.29. The van der Waals surface area contributed by atoms with Crippen molar-refractivity contribution in [2.75, 3.05) is 6.54 Å². The molecule has 3 aromatic rings. The Labute approximate surface area is 126 Å². The van der Waals surface area contributed by atoms with Gasteiger partial charge in [0.2, 0.25) is 5.43 Å².